The predicted molar refractivity (Wildman–Crippen MR) is 154 cm³/mol. The highest BCUT2D eigenvalue weighted by Crippen LogP contribution is 2.49. The number of pyridine rings is 1. The van der Waals surface area contributed by atoms with Gasteiger partial charge in [0.25, 0.3) is 10.0 Å². The van der Waals surface area contributed by atoms with E-state index in [-0.39, 0.29) is 23.8 Å². The van der Waals surface area contributed by atoms with Crippen LogP contribution in [0.1, 0.15) is 36.3 Å². The van der Waals surface area contributed by atoms with Gasteiger partial charge in [0, 0.05) is 38.0 Å². The maximum atomic E-state index is 16.5. The van der Waals surface area contributed by atoms with Crippen molar-refractivity contribution < 1.29 is 31.1 Å². The number of hydrogen-bond acceptors (Lipinski definition) is 7. The van der Waals surface area contributed by atoms with Gasteiger partial charge in [0.2, 0.25) is 5.95 Å². The summed E-state index contributed by atoms with van der Waals surface area (Å²) < 4.78 is 86.7. The fraction of sp³-hybridized carbons (Fsp3) is 0.433. The average Bonchev–Trinajstić information content (AvgIpc) is 3.70. The molecule has 0 amide bonds. The molecular weight excluding hydrogens is 569 g/mol. The molecule has 2 aromatic carbocycles. The largest absolute Gasteiger partial charge is 0.497 e. The summed E-state index contributed by atoms with van der Waals surface area (Å²) in [5, 5.41) is 0. The molecule has 1 aliphatic heterocycles. The molecule has 1 saturated heterocycles. The quantitative estimate of drug-likeness (QED) is 0.287. The molecule has 2 fully saturated rings. The number of hydrogen-bond donors (Lipinski definition) is 0. The minimum atomic E-state index is -4.88. The second kappa shape index (κ2) is 11.7. The summed E-state index contributed by atoms with van der Waals surface area (Å²) in [6.07, 6.45) is 1.98. The number of rotatable bonds is 11. The Labute approximate surface area is 244 Å². The molecule has 3 aromatic rings. The van der Waals surface area contributed by atoms with Gasteiger partial charge in [-0.3, -0.25) is 0 Å². The highest BCUT2D eigenvalue weighted by Gasteiger charge is 2.44. The number of methoxy groups -OCH3 is 2. The average molecular weight is 605 g/mol. The van der Waals surface area contributed by atoms with Crippen LogP contribution in [0.5, 0.6) is 5.75 Å². The van der Waals surface area contributed by atoms with E-state index in [1.165, 1.54) is 19.2 Å². The molecule has 2 aliphatic rings. The van der Waals surface area contributed by atoms with Crippen LogP contribution in [0.3, 0.4) is 0 Å². The Morgan fingerprint density at radius 1 is 1.07 bits per heavy atom. The van der Waals surface area contributed by atoms with Crippen LogP contribution in [0.15, 0.2) is 53.4 Å². The minimum absolute atomic E-state index is 0.184. The lowest BCUT2D eigenvalue weighted by Gasteiger charge is -2.32. The molecule has 1 unspecified atom stereocenters. The molecule has 12 heteroatoms. The van der Waals surface area contributed by atoms with E-state index in [2.05, 4.69) is 4.98 Å². The standard InChI is InChI=1S/C30H35F3N4O4S/c1-35(2)18-30(41-4)14-15-36(19-30)24-16-23(31)29(28(33)27(24)21-10-11-21)42(38,39)37(26-7-5-6-25(32)34-26)17-20-8-12-22(40-3)13-9-20/h5-9,12-13,16,21H,10-11,14-15,17-19H2,1-4H3. The normalized spacial score (nSPS) is 19.0. The second-order valence-electron chi connectivity index (χ2n) is 11.2. The number of aromatic nitrogens is 1. The molecular formula is C30H35F3N4O4S. The van der Waals surface area contributed by atoms with Crippen molar-refractivity contribution in [2.45, 2.75) is 42.2 Å². The van der Waals surface area contributed by atoms with Gasteiger partial charge >= 0.3 is 0 Å². The lowest BCUT2D eigenvalue weighted by atomic mass is 10.0. The topological polar surface area (TPSA) is 75.2 Å². The van der Waals surface area contributed by atoms with Crippen molar-refractivity contribution in [3.8, 4) is 5.75 Å². The van der Waals surface area contributed by atoms with Gasteiger partial charge in [-0.1, -0.05) is 18.2 Å². The highest BCUT2D eigenvalue weighted by molar-refractivity contribution is 7.92. The monoisotopic (exact) mass is 604 g/mol. The van der Waals surface area contributed by atoms with Crippen molar-refractivity contribution in [1.29, 1.82) is 0 Å². The molecule has 0 bridgehead atoms. The van der Waals surface area contributed by atoms with E-state index in [9.17, 15) is 12.8 Å². The first kappa shape index (κ1) is 30.1. The van der Waals surface area contributed by atoms with E-state index in [4.69, 9.17) is 9.47 Å². The van der Waals surface area contributed by atoms with Crippen molar-refractivity contribution in [2.75, 3.05) is 57.2 Å². The summed E-state index contributed by atoms with van der Waals surface area (Å²) in [4.78, 5) is 6.55. The van der Waals surface area contributed by atoms with E-state index < -0.39 is 38.1 Å². The van der Waals surface area contributed by atoms with E-state index >= 15 is 8.78 Å². The highest BCUT2D eigenvalue weighted by atomic mass is 32.2. The lowest BCUT2D eigenvalue weighted by Crippen LogP contribution is -2.44. The number of halogens is 3. The smallest absolute Gasteiger partial charge is 0.271 e. The lowest BCUT2D eigenvalue weighted by molar-refractivity contribution is -0.0100. The fourth-order valence-electron chi connectivity index (χ4n) is 5.68. The summed E-state index contributed by atoms with van der Waals surface area (Å²) in [5.41, 5.74) is 0.484. The van der Waals surface area contributed by atoms with Gasteiger partial charge in [-0.05, 0) is 75.2 Å². The van der Waals surface area contributed by atoms with Gasteiger partial charge in [-0.2, -0.15) is 4.39 Å². The maximum Gasteiger partial charge on any atom is 0.271 e. The zero-order valence-corrected chi connectivity index (χ0v) is 24.9. The maximum absolute atomic E-state index is 16.5. The van der Waals surface area contributed by atoms with E-state index in [1.807, 2.05) is 23.9 Å². The Bertz CT molecular complexity index is 1550. The van der Waals surface area contributed by atoms with Gasteiger partial charge in [0.1, 0.15) is 17.4 Å². The zero-order valence-electron chi connectivity index (χ0n) is 24.1. The number of nitrogens with zero attached hydrogens (tertiary/aromatic N) is 4. The van der Waals surface area contributed by atoms with Crippen LogP contribution in [0.2, 0.25) is 0 Å². The van der Waals surface area contributed by atoms with Crippen LogP contribution in [0.25, 0.3) is 0 Å². The Morgan fingerprint density at radius 3 is 2.38 bits per heavy atom. The van der Waals surface area contributed by atoms with Crippen molar-refractivity contribution in [3.05, 3.63) is 77.2 Å². The van der Waals surface area contributed by atoms with Crippen LogP contribution in [-0.2, 0) is 21.3 Å². The Hall–Kier alpha value is -3.35. The van der Waals surface area contributed by atoms with Crippen molar-refractivity contribution in [2.24, 2.45) is 0 Å². The predicted octanol–water partition coefficient (Wildman–Crippen LogP) is 4.94. The Balaban J connectivity index is 1.59. The van der Waals surface area contributed by atoms with E-state index in [1.54, 1.807) is 31.4 Å². The molecule has 5 rings (SSSR count). The third-order valence-electron chi connectivity index (χ3n) is 7.86. The summed E-state index contributed by atoms with van der Waals surface area (Å²) in [5.74, 6) is -3.25. The third kappa shape index (κ3) is 5.93. The Morgan fingerprint density at radius 2 is 1.79 bits per heavy atom. The SMILES string of the molecule is COc1ccc(CN(c2cccc(F)n2)S(=O)(=O)c2c(F)cc(N3CCC(CN(C)C)(OC)C3)c(C3CC3)c2F)cc1. The molecule has 1 aromatic heterocycles. The molecule has 42 heavy (non-hydrogen) atoms. The van der Waals surface area contributed by atoms with Gasteiger partial charge in [-0.25, -0.2) is 26.5 Å². The number of sulfonamides is 1. The summed E-state index contributed by atoms with van der Waals surface area (Å²) >= 11 is 0. The first-order valence-corrected chi connectivity index (χ1v) is 15.2. The van der Waals surface area contributed by atoms with Crippen LogP contribution in [-0.4, -0.2) is 71.9 Å². The molecule has 0 spiro atoms. The fourth-order valence-corrected chi connectivity index (χ4v) is 7.21. The van der Waals surface area contributed by atoms with Crippen LogP contribution < -0.4 is 13.9 Å². The van der Waals surface area contributed by atoms with E-state index in [0.717, 1.165) is 16.4 Å². The van der Waals surface area contributed by atoms with E-state index in [0.29, 0.717) is 55.9 Å². The molecule has 226 valence electrons. The van der Waals surface area contributed by atoms with Crippen molar-refractivity contribution in [1.82, 2.24) is 9.88 Å². The molecule has 0 N–H and O–H groups in total. The van der Waals surface area contributed by atoms with Gasteiger partial charge in [-0.15, -0.1) is 0 Å². The third-order valence-corrected chi connectivity index (χ3v) is 9.65. The summed E-state index contributed by atoms with van der Waals surface area (Å²) in [6.45, 7) is 1.19. The van der Waals surface area contributed by atoms with Gasteiger partial charge in [0.05, 0.1) is 19.3 Å². The summed E-state index contributed by atoms with van der Waals surface area (Å²) in [6, 6.07) is 11.3. The van der Waals surface area contributed by atoms with Crippen LogP contribution in [0, 0.1) is 17.6 Å². The van der Waals surface area contributed by atoms with Crippen molar-refractivity contribution in [3.63, 3.8) is 0 Å². The minimum Gasteiger partial charge on any atom is -0.497 e. The number of likely N-dealkylation sites (N-methyl/N-ethyl adjacent to an activating group) is 1. The zero-order chi connectivity index (χ0) is 30.2. The second-order valence-corrected chi connectivity index (χ2v) is 13.0. The molecule has 1 aliphatic carbocycles. The van der Waals surface area contributed by atoms with Gasteiger partial charge in [0.15, 0.2) is 10.7 Å². The van der Waals surface area contributed by atoms with Crippen LogP contribution >= 0.6 is 0 Å². The molecule has 1 atom stereocenters. The first-order chi connectivity index (χ1) is 20.0. The molecule has 0 radical (unpaired) electrons. The van der Waals surface area contributed by atoms with Crippen molar-refractivity contribution >= 4 is 21.5 Å². The summed E-state index contributed by atoms with van der Waals surface area (Å²) in [7, 11) is 2.11. The molecule has 2 heterocycles. The Kier molecular flexibility index (Phi) is 8.41. The first-order valence-electron chi connectivity index (χ1n) is 13.7. The number of anilines is 2. The number of benzene rings is 2. The molecule has 8 nitrogen and oxygen atoms in total. The van der Waals surface area contributed by atoms with Crippen LogP contribution in [0.4, 0.5) is 24.7 Å². The van der Waals surface area contributed by atoms with Gasteiger partial charge < -0.3 is 19.3 Å². The molecule has 1 saturated carbocycles. The number of ether oxygens (including phenoxy) is 2.